The molecule has 0 spiro atoms. The van der Waals surface area contributed by atoms with Gasteiger partial charge < -0.3 is 0 Å². The van der Waals surface area contributed by atoms with Crippen LogP contribution < -0.4 is 0 Å². The molecule has 1 aliphatic rings. The molecule has 0 saturated carbocycles. The molecule has 1 unspecified atom stereocenters. The third-order valence-corrected chi connectivity index (χ3v) is 9.13. The lowest BCUT2D eigenvalue weighted by atomic mass is 9.92. The minimum Gasteiger partial charge on any atom is -0.292 e. The molecule has 1 aromatic heterocycles. The summed E-state index contributed by atoms with van der Waals surface area (Å²) in [6, 6.07) is 21.5. The van der Waals surface area contributed by atoms with Crippen LogP contribution in [0.1, 0.15) is 58.7 Å². The first-order valence-corrected chi connectivity index (χ1v) is 13.9. The second kappa shape index (κ2) is 9.57. The molecular formula is C30H31N3O2S. The molecule has 36 heavy (non-hydrogen) atoms. The Morgan fingerprint density at radius 3 is 2.36 bits per heavy atom. The number of aromatic nitrogens is 1. The van der Waals surface area contributed by atoms with Gasteiger partial charge in [0.15, 0.2) is 0 Å². The maximum absolute atomic E-state index is 13.6. The highest BCUT2D eigenvalue weighted by Crippen LogP contribution is 2.36. The van der Waals surface area contributed by atoms with E-state index in [1.54, 1.807) is 18.3 Å². The molecule has 0 amide bonds. The van der Waals surface area contributed by atoms with Crippen LogP contribution >= 0.6 is 0 Å². The van der Waals surface area contributed by atoms with Crippen LogP contribution in [0.2, 0.25) is 0 Å². The third-order valence-electron chi connectivity index (χ3n) is 7.44. The summed E-state index contributed by atoms with van der Waals surface area (Å²) in [6.07, 6.45) is 5.09. The van der Waals surface area contributed by atoms with Gasteiger partial charge in [0.2, 0.25) is 0 Å². The SMILES string of the molecule is Cc1ccc(S(=O)(=O)n2ccc3c(CN4CCCCC4c4ccc(C#N)cc4)c(C)cc(C)c32)cc1. The molecule has 0 bridgehead atoms. The lowest BCUT2D eigenvalue weighted by molar-refractivity contribution is 0.141. The highest BCUT2D eigenvalue weighted by molar-refractivity contribution is 7.90. The summed E-state index contributed by atoms with van der Waals surface area (Å²) in [5, 5.41) is 10.2. The van der Waals surface area contributed by atoms with Gasteiger partial charge in [-0.1, -0.05) is 42.3 Å². The molecule has 4 aromatic rings. The van der Waals surface area contributed by atoms with Crippen LogP contribution in [0.5, 0.6) is 0 Å². The number of aryl methyl sites for hydroxylation is 3. The van der Waals surface area contributed by atoms with Gasteiger partial charge in [-0.25, -0.2) is 12.4 Å². The molecular weight excluding hydrogens is 466 g/mol. The first-order valence-electron chi connectivity index (χ1n) is 12.5. The summed E-state index contributed by atoms with van der Waals surface area (Å²) in [5.74, 6) is 0. The summed E-state index contributed by atoms with van der Waals surface area (Å²) < 4.78 is 28.6. The summed E-state index contributed by atoms with van der Waals surface area (Å²) in [7, 11) is -3.71. The van der Waals surface area contributed by atoms with E-state index >= 15 is 0 Å². The molecule has 0 radical (unpaired) electrons. The average Bonchev–Trinajstić information content (AvgIpc) is 3.34. The summed E-state index contributed by atoms with van der Waals surface area (Å²) in [5.41, 5.74) is 6.99. The largest absolute Gasteiger partial charge is 0.292 e. The molecule has 0 N–H and O–H groups in total. The van der Waals surface area contributed by atoms with E-state index in [1.807, 2.05) is 44.2 Å². The Morgan fingerprint density at radius 1 is 0.944 bits per heavy atom. The van der Waals surface area contributed by atoms with Crippen LogP contribution in [0, 0.1) is 32.1 Å². The number of nitrogens with zero attached hydrogens (tertiary/aromatic N) is 3. The molecule has 1 saturated heterocycles. The van der Waals surface area contributed by atoms with Crippen molar-refractivity contribution in [1.29, 1.82) is 5.26 Å². The fourth-order valence-corrected chi connectivity index (χ4v) is 6.92. The van der Waals surface area contributed by atoms with Crippen molar-refractivity contribution in [2.24, 2.45) is 0 Å². The van der Waals surface area contributed by atoms with E-state index in [9.17, 15) is 13.7 Å². The van der Waals surface area contributed by atoms with Gasteiger partial charge in [0.05, 0.1) is 22.0 Å². The van der Waals surface area contributed by atoms with Gasteiger partial charge in [-0.05, 0) is 92.7 Å². The van der Waals surface area contributed by atoms with Crippen molar-refractivity contribution in [2.75, 3.05) is 6.54 Å². The Kier molecular flexibility index (Phi) is 6.46. The van der Waals surface area contributed by atoms with Gasteiger partial charge in [-0.2, -0.15) is 5.26 Å². The maximum atomic E-state index is 13.6. The van der Waals surface area contributed by atoms with Crippen molar-refractivity contribution in [3.63, 3.8) is 0 Å². The second-order valence-electron chi connectivity index (χ2n) is 9.90. The Hall–Kier alpha value is -3.40. The zero-order valence-electron chi connectivity index (χ0n) is 21.0. The van der Waals surface area contributed by atoms with E-state index in [2.05, 4.69) is 36.1 Å². The topological polar surface area (TPSA) is 66.1 Å². The van der Waals surface area contributed by atoms with E-state index in [4.69, 9.17) is 0 Å². The fraction of sp³-hybridized carbons (Fsp3) is 0.300. The van der Waals surface area contributed by atoms with E-state index in [-0.39, 0.29) is 6.04 Å². The first-order chi connectivity index (χ1) is 17.3. The van der Waals surface area contributed by atoms with Crippen LogP contribution in [0.15, 0.2) is 71.8 Å². The predicted octanol–water partition coefficient (Wildman–Crippen LogP) is 6.40. The van der Waals surface area contributed by atoms with Crippen molar-refractivity contribution in [1.82, 2.24) is 8.87 Å². The Labute approximate surface area is 213 Å². The molecule has 1 fully saturated rings. The molecule has 5 rings (SSSR count). The second-order valence-corrected chi connectivity index (χ2v) is 11.7. The number of nitriles is 1. The van der Waals surface area contributed by atoms with Crippen LogP contribution in [-0.4, -0.2) is 23.8 Å². The molecule has 2 heterocycles. The Bertz CT molecular complexity index is 1560. The molecule has 1 aliphatic heterocycles. The standard InChI is InChI=1S/C30H31N3O2S/c1-21-7-13-26(14-8-21)36(34,35)33-17-15-27-28(22(2)18-23(3)30(27)33)20-32-16-5-4-6-29(32)25-11-9-24(19-31)10-12-25/h7-15,17-18,29H,4-6,16,20H2,1-3H3. The predicted molar refractivity (Wildman–Crippen MR) is 143 cm³/mol. The Morgan fingerprint density at radius 2 is 1.67 bits per heavy atom. The van der Waals surface area contributed by atoms with Gasteiger partial charge in [-0.3, -0.25) is 4.90 Å². The van der Waals surface area contributed by atoms with E-state index in [0.29, 0.717) is 10.5 Å². The van der Waals surface area contributed by atoms with Crippen molar-refractivity contribution in [2.45, 2.75) is 57.5 Å². The number of hydrogen-bond donors (Lipinski definition) is 0. The van der Waals surface area contributed by atoms with Crippen LogP contribution in [0.25, 0.3) is 10.9 Å². The van der Waals surface area contributed by atoms with Gasteiger partial charge in [0.25, 0.3) is 10.0 Å². The lowest BCUT2D eigenvalue weighted by Gasteiger charge is -2.36. The van der Waals surface area contributed by atoms with Crippen LogP contribution in [0.4, 0.5) is 0 Å². The molecule has 184 valence electrons. The smallest absolute Gasteiger partial charge is 0.268 e. The first kappa shape index (κ1) is 24.3. The number of hydrogen-bond acceptors (Lipinski definition) is 4. The number of piperidine rings is 1. The minimum atomic E-state index is -3.71. The lowest BCUT2D eigenvalue weighted by Crippen LogP contribution is -2.33. The maximum Gasteiger partial charge on any atom is 0.268 e. The monoisotopic (exact) mass is 497 g/mol. The van der Waals surface area contributed by atoms with E-state index in [1.165, 1.54) is 27.1 Å². The fourth-order valence-electron chi connectivity index (χ4n) is 5.51. The minimum absolute atomic E-state index is 0.278. The van der Waals surface area contributed by atoms with Crippen molar-refractivity contribution < 1.29 is 8.42 Å². The quantitative estimate of drug-likeness (QED) is 0.320. The number of benzene rings is 3. The van der Waals surface area contributed by atoms with Crippen LogP contribution in [-0.2, 0) is 16.6 Å². The van der Waals surface area contributed by atoms with E-state index in [0.717, 1.165) is 48.0 Å². The molecule has 5 nitrogen and oxygen atoms in total. The van der Waals surface area contributed by atoms with Crippen LogP contribution in [0.3, 0.4) is 0 Å². The van der Waals surface area contributed by atoms with E-state index < -0.39 is 10.0 Å². The van der Waals surface area contributed by atoms with Gasteiger partial charge in [0.1, 0.15) is 0 Å². The van der Waals surface area contributed by atoms with Gasteiger partial charge in [-0.15, -0.1) is 0 Å². The van der Waals surface area contributed by atoms with Gasteiger partial charge in [0, 0.05) is 24.2 Å². The summed E-state index contributed by atoms with van der Waals surface area (Å²) >= 11 is 0. The summed E-state index contributed by atoms with van der Waals surface area (Å²) in [6.45, 7) is 7.80. The van der Waals surface area contributed by atoms with Crippen molar-refractivity contribution >= 4 is 20.9 Å². The molecule has 3 aromatic carbocycles. The molecule has 0 aliphatic carbocycles. The number of fused-ring (bicyclic) bond motifs is 1. The third kappa shape index (κ3) is 4.34. The van der Waals surface area contributed by atoms with Crippen molar-refractivity contribution in [3.8, 4) is 6.07 Å². The normalized spacial score (nSPS) is 16.8. The van der Waals surface area contributed by atoms with Crippen molar-refractivity contribution in [3.05, 3.63) is 100 Å². The molecule has 1 atom stereocenters. The summed E-state index contributed by atoms with van der Waals surface area (Å²) in [4.78, 5) is 2.80. The number of likely N-dealkylation sites (tertiary alicyclic amines) is 1. The Balaban J connectivity index is 1.55. The highest BCUT2D eigenvalue weighted by atomic mass is 32.2. The highest BCUT2D eigenvalue weighted by Gasteiger charge is 2.27. The molecule has 6 heteroatoms. The average molecular weight is 498 g/mol. The zero-order valence-corrected chi connectivity index (χ0v) is 21.8. The zero-order chi connectivity index (χ0) is 25.4. The van der Waals surface area contributed by atoms with Gasteiger partial charge >= 0.3 is 0 Å². The number of rotatable bonds is 5.